The van der Waals surface area contributed by atoms with Crippen LogP contribution in [0.2, 0.25) is 0 Å². The van der Waals surface area contributed by atoms with Gasteiger partial charge in [-0.25, -0.2) is 0 Å². The number of halogens is 1. The van der Waals surface area contributed by atoms with Crippen molar-refractivity contribution in [3.63, 3.8) is 0 Å². The van der Waals surface area contributed by atoms with Crippen molar-refractivity contribution in [3.05, 3.63) is 46.8 Å². The summed E-state index contributed by atoms with van der Waals surface area (Å²) in [5.74, 6) is 2.15. The molecule has 0 fully saturated rings. The van der Waals surface area contributed by atoms with E-state index in [2.05, 4.69) is 70.4 Å². The van der Waals surface area contributed by atoms with Crippen LogP contribution in [-0.2, 0) is 13.1 Å². The summed E-state index contributed by atoms with van der Waals surface area (Å²) < 4.78 is 7.82. The van der Waals surface area contributed by atoms with E-state index in [9.17, 15) is 0 Å². The van der Waals surface area contributed by atoms with Crippen LogP contribution in [0.4, 0.5) is 0 Å². The number of benzene rings is 1. The Morgan fingerprint density at radius 2 is 1.96 bits per heavy atom. The fourth-order valence-corrected chi connectivity index (χ4v) is 2.99. The Labute approximate surface area is 186 Å². The topological polar surface area (TPSA) is 63.5 Å². The molecule has 7 heteroatoms. The van der Waals surface area contributed by atoms with Crippen molar-refractivity contribution in [2.45, 2.75) is 47.7 Å². The van der Waals surface area contributed by atoms with Crippen molar-refractivity contribution in [1.29, 1.82) is 0 Å². The quantitative estimate of drug-likeness (QED) is 0.329. The van der Waals surface area contributed by atoms with Gasteiger partial charge < -0.3 is 15.4 Å². The molecular weight excluding hydrogens is 465 g/mol. The van der Waals surface area contributed by atoms with Crippen LogP contribution in [0, 0.1) is 26.7 Å². The molecule has 156 valence electrons. The highest BCUT2D eigenvalue weighted by Crippen LogP contribution is 2.20. The second kappa shape index (κ2) is 11.9. The van der Waals surface area contributed by atoms with Crippen LogP contribution >= 0.6 is 24.0 Å². The van der Waals surface area contributed by atoms with Gasteiger partial charge >= 0.3 is 0 Å². The summed E-state index contributed by atoms with van der Waals surface area (Å²) in [6.07, 6.45) is 0. The lowest BCUT2D eigenvalue weighted by Gasteiger charge is -2.18. The maximum absolute atomic E-state index is 5.75. The van der Waals surface area contributed by atoms with Gasteiger partial charge in [0.05, 0.1) is 12.3 Å². The Morgan fingerprint density at radius 3 is 2.57 bits per heavy atom. The molecular formula is C21H34IN5O. The molecule has 2 aromatic rings. The van der Waals surface area contributed by atoms with Gasteiger partial charge in [-0.3, -0.25) is 9.67 Å². The van der Waals surface area contributed by atoms with Crippen molar-refractivity contribution in [2.24, 2.45) is 10.9 Å². The van der Waals surface area contributed by atoms with Crippen molar-refractivity contribution in [2.75, 3.05) is 20.2 Å². The smallest absolute Gasteiger partial charge is 0.191 e. The third-order valence-electron chi connectivity index (χ3n) is 4.40. The van der Waals surface area contributed by atoms with Crippen LogP contribution in [0.15, 0.2) is 29.3 Å². The van der Waals surface area contributed by atoms with Crippen LogP contribution in [0.25, 0.3) is 0 Å². The van der Waals surface area contributed by atoms with Gasteiger partial charge in [0.15, 0.2) is 5.96 Å². The molecule has 0 radical (unpaired) electrons. The number of hydrogen-bond acceptors (Lipinski definition) is 3. The molecule has 0 saturated carbocycles. The van der Waals surface area contributed by atoms with Crippen LogP contribution < -0.4 is 15.4 Å². The zero-order chi connectivity index (χ0) is 19.8. The van der Waals surface area contributed by atoms with E-state index in [1.54, 1.807) is 7.05 Å². The van der Waals surface area contributed by atoms with Gasteiger partial charge in [-0.15, -0.1) is 24.0 Å². The van der Waals surface area contributed by atoms with Crippen molar-refractivity contribution < 1.29 is 4.74 Å². The van der Waals surface area contributed by atoms with Gasteiger partial charge in [-0.2, -0.15) is 5.10 Å². The number of rotatable bonds is 8. The number of nitrogens with one attached hydrogen (secondary N) is 2. The van der Waals surface area contributed by atoms with Gasteiger partial charge in [0.2, 0.25) is 0 Å². The Kier molecular flexibility index (Phi) is 10.3. The minimum absolute atomic E-state index is 0. The highest BCUT2D eigenvalue weighted by Gasteiger charge is 2.09. The normalized spacial score (nSPS) is 12.3. The van der Waals surface area contributed by atoms with Gasteiger partial charge in [-0.05, 0) is 51.3 Å². The first-order chi connectivity index (χ1) is 12.9. The second-order valence-electron chi connectivity index (χ2n) is 7.07. The SMILES string of the molecule is CCOc1cc(C)ccc1CNC(=NC)NCC(C)Cn1nc(C)cc1C.I. The summed E-state index contributed by atoms with van der Waals surface area (Å²) in [6, 6.07) is 8.39. The molecule has 0 aliphatic carbocycles. The largest absolute Gasteiger partial charge is 0.494 e. The van der Waals surface area contributed by atoms with E-state index in [1.165, 1.54) is 11.3 Å². The third kappa shape index (κ3) is 7.33. The molecule has 0 saturated heterocycles. The Balaban J connectivity index is 0.00000392. The average molecular weight is 499 g/mol. The highest BCUT2D eigenvalue weighted by molar-refractivity contribution is 14.0. The van der Waals surface area contributed by atoms with E-state index < -0.39 is 0 Å². The average Bonchev–Trinajstić information content (AvgIpc) is 2.94. The predicted octanol–water partition coefficient (Wildman–Crippen LogP) is 3.83. The van der Waals surface area contributed by atoms with E-state index in [0.29, 0.717) is 19.1 Å². The lowest BCUT2D eigenvalue weighted by Crippen LogP contribution is -2.39. The lowest BCUT2D eigenvalue weighted by molar-refractivity contribution is 0.336. The summed E-state index contributed by atoms with van der Waals surface area (Å²) >= 11 is 0. The van der Waals surface area contributed by atoms with E-state index in [1.807, 2.05) is 13.8 Å². The lowest BCUT2D eigenvalue weighted by atomic mass is 10.1. The van der Waals surface area contributed by atoms with Gasteiger partial charge in [0, 0.05) is 37.9 Å². The third-order valence-corrected chi connectivity index (χ3v) is 4.40. The van der Waals surface area contributed by atoms with Crippen LogP contribution in [0.5, 0.6) is 5.75 Å². The minimum atomic E-state index is 0. The number of guanidine groups is 1. The molecule has 1 aromatic heterocycles. The molecule has 0 aliphatic rings. The summed E-state index contributed by atoms with van der Waals surface area (Å²) in [5.41, 5.74) is 4.58. The van der Waals surface area contributed by atoms with Gasteiger partial charge in [-0.1, -0.05) is 19.1 Å². The van der Waals surface area contributed by atoms with E-state index in [0.717, 1.165) is 36.1 Å². The Morgan fingerprint density at radius 1 is 1.21 bits per heavy atom. The van der Waals surface area contributed by atoms with Gasteiger partial charge in [0.25, 0.3) is 0 Å². The minimum Gasteiger partial charge on any atom is -0.494 e. The second-order valence-corrected chi connectivity index (χ2v) is 7.07. The van der Waals surface area contributed by atoms with Crippen molar-refractivity contribution >= 4 is 29.9 Å². The number of ether oxygens (including phenoxy) is 1. The molecule has 0 spiro atoms. The molecule has 2 N–H and O–H groups in total. The Bertz CT molecular complexity index is 772. The van der Waals surface area contributed by atoms with Gasteiger partial charge in [0.1, 0.15) is 5.75 Å². The number of hydrogen-bond donors (Lipinski definition) is 2. The van der Waals surface area contributed by atoms with Crippen LogP contribution in [-0.4, -0.2) is 35.9 Å². The van der Waals surface area contributed by atoms with Crippen LogP contribution in [0.3, 0.4) is 0 Å². The molecule has 2 rings (SSSR count). The molecule has 1 atom stereocenters. The molecule has 1 aromatic carbocycles. The van der Waals surface area contributed by atoms with E-state index in [-0.39, 0.29) is 24.0 Å². The highest BCUT2D eigenvalue weighted by atomic mass is 127. The zero-order valence-corrected chi connectivity index (χ0v) is 20.2. The number of aliphatic imine (C=N–C) groups is 1. The first kappa shape index (κ1) is 24.3. The molecule has 1 unspecified atom stereocenters. The van der Waals surface area contributed by atoms with E-state index >= 15 is 0 Å². The standard InChI is InChI=1S/C21H33N5O.HI/c1-7-27-20-10-15(2)8-9-19(20)13-24-21(22-6)23-12-16(3)14-26-18(5)11-17(4)25-26;/h8-11,16H,7,12-14H2,1-6H3,(H2,22,23,24);1H. The first-order valence-electron chi connectivity index (χ1n) is 9.60. The van der Waals surface area contributed by atoms with Crippen molar-refractivity contribution in [3.8, 4) is 5.75 Å². The molecule has 0 bridgehead atoms. The summed E-state index contributed by atoms with van der Waals surface area (Å²) in [6.45, 7) is 13.4. The van der Waals surface area contributed by atoms with Crippen molar-refractivity contribution in [1.82, 2.24) is 20.4 Å². The van der Waals surface area contributed by atoms with Crippen LogP contribution in [0.1, 0.15) is 36.4 Å². The van der Waals surface area contributed by atoms with E-state index in [4.69, 9.17) is 4.74 Å². The molecule has 0 aliphatic heterocycles. The maximum Gasteiger partial charge on any atom is 0.191 e. The fourth-order valence-electron chi connectivity index (χ4n) is 2.99. The number of aryl methyl sites for hydroxylation is 3. The molecule has 1 heterocycles. The Hall–Kier alpha value is -1.77. The summed E-state index contributed by atoms with van der Waals surface area (Å²) in [7, 11) is 1.79. The number of aromatic nitrogens is 2. The summed E-state index contributed by atoms with van der Waals surface area (Å²) in [4.78, 5) is 4.33. The monoisotopic (exact) mass is 499 g/mol. The summed E-state index contributed by atoms with van der Waals surface area (Å²) in [5, 5.41) is 11.3. The molecule has 0 amide bonds. The first-order valence-corrected chi connectivity index (χ1v) is 9.60. The predicted molar refractivity (Wildman–Crippen MR) is 127 cm³/mol. The molecule has 6 nitrogen and oxygen atoms in total. The zero-order valence-electron chi connectivity index (χ0n) is 17.9. The molecule has 28 heavy (non-hydrogen) atoms. The fraction of sp³-hybridized carbons (Fsp3) is 0.524. The number of nitrogens with zero attached hydrogens (tertiary/aromatic N) is 3. The maximum atomic E-state index is 5.75.